The van der Waals surface area contributed by atoms with Gasteiger partial charge in [-0.05, 0) is 56.6 Å². The molecule has 116 valence electrons. The first kappa shape index (κ1) is 15.9. The molecule has 0 bridgehead atoms. The largest absolute Gasteiger partial charge is 0.483 e. The fourth-order valence-electron chi connectivity index (χ4n) is 3.10. The number of likely N-dealkylation sites (N-methyl/N-ethyl adjacent to an activating group) is 1. The molecule has 3 nitrogen and oxygen atoms in total. The van der Waals surface area contributed by atoms with Crippen molar-refractivity contribution in [3.8, 4) is 5.75 Å². The highest BCUT2D eigenvalue weighted by molar-refractivity contribution is 5.78. The van der Waals surface area contributed by atoms with Crippen molar-refractivity contribution in [2.45, 2.75) is 52.5 Å². The van der Waals surface area contributed by atoms with E-state index < -0.39 is 0 Å². The highest BCUT2D eigenvalue weighted by Gasteiger charge is 2.25. The van der Waals surface area contributed by atoms with Crippen LogP contribution in [0, 0.1) is 19.8 Å². The third-order valence-corrected chi connectivity index (χ3v) is 4.68. The molecule has 1 fully saturated rings. The van der Waals surface area contributed by atoms with Crippen molar-refractivity contribution in [1.29, 1.82) is 0 Å². The Bertz CT molecular complexity index is 470. The molecule has 1 aliphatic carbocycles. The zero-order chi connectivity index (χ0) is 15.4. The van der Waals surface area contributed by atoms with Crippen LogP contribution >= 0.6 is 0 Å². The molecule has 1 aromatic carbocycles. The van der Waals surface area contributed by atoms with Crippen molar-refractivity contribution in [3.05, 3.63) is 29.3 Å². The van der Waals surface area contributed by atoms with E-state index in [1.54, 1.807) is 0 Å². The van der Waals surface area contributed by atoms with E-state index in [1.165, 1.54) is 12.8 Å². The maximum absolute atomic E-state index is 12.3. The van der Waals surface area contributed by atoms with Crippen LogP contribution in [0.25, 0.3) is 0 Å². The van der Waals surface area contributed by atoms with Crippen molar-refractivity contribution >= 4 is 5.91 Å². The van der Waals surface area contributed by atoms with E-state index in [2.05, 4.69) is 6.92 Å². The van der Waals surface area contributed by atoms with Gasteiger partial charge in [-0.15, -0.1) is 0 Å². The molecule has 1 saturated carbocycles. The van der Waals surface area contributed by atoms with Gasteiger partial charge in [0.2, 0.25) is 0 Å². The van der Waals surface area contributed by atoms with Crippen LogP contribution < -0.4 is 4.74 Å². The fraction of sp³-hybridized carbons (Fsp3) is 0.611. The minimum Gasteiger partial charge on any atom is -0.483 e. The minimum atomic E-state index is 0.0807. The fourth-order valence-corrected chi connectivity index (χ4v) is 3.10. The number of nitrogens with zero attached hydrogens (tertiary/aromatic N) is 1. The number of benzene rings is 1. The number of rotatable bonds is 4. The summed E-state index contributed by atoms with van der Waals surface area (Å²) >= 11 is 0. The maximum atomic E-state index is 12.3. The molecule has 1 aromatic rings. The van der Waals surface area contributed by atoms with Gasteiger partial charge in [0, 0.05) is 13.1 Å². The number of carbonyl (C=O) groups excluding carboxylic acids is 1. The van der Waals surface area contributed by atoms with E-state index in [4.69, 9.17) is 4.74 Å². The highest BCUT2D eigenvalue weighted by Crippen LogP contribution is 2.27. The lowest BCUT2D eigenvalue weighted by Gasteiger charge is -2.33. The van der Waals surface area contributed by atoms with Crippen LogP contribution in [-0.4, -0.2) is 30.5 Å². The second kappa shape index (κ2) is 6.97. The predicted octanol–water partition coefficient (Wildman–Crippen LogP) is 3.72. The molecule has 0 radical (unpaired) electrons. The summed E-state index contributed by atoms with van der Waals surface area (Å²) in [6.45, 7) is 6.45. The van der Waals surface area contributed by atoms with Crippen molar-refractivity contribution in [3.63, 3.8) is 0 Å². The van der Waals surface area contributed by atoms with Crippen LogP contribution in [0.2, 0.25) is 0 Å². The summed E-state index contributed by atoms with van der Waals surface area (Å²) in [6, 6.07) is 6.42. The number of aryl methyl sites for hydroxylation is 2. The average Bonchev–Trinajstić information content (AvgIpc) is 2.46. The first-order valence-electron chi connectivity index (χ1n) is 7.93. The van der Waals surface area contributed by atoms with Crippen molar-refractivity contribution in [1.82, 2.24) is 4.90 Å². The van der Waals surface area contributed by atoms with E-state index >= 15 is 0 Å². The smallest absolute Gasteiger partial charge is 0.260 e. The zero-order valence-corrected chi connectivity index (χ0v) is 13.7. The Balaban J connectivity index is 1.89. The second-order valence-corrected chi connectivity index (χ2v) is 6.43. The molecule has 0 N–H and O–H groups in total. The van der Waals surface area contributed by atoms with E-state index in [9.17, 15) is 4.79 Å². The molecule has 1 aliphatic rings. The van der Waals surface area contributed by atoms with Gasteiger partial charge in [0.1, 0.15) is 5.75 Å². The third-order valence-electron chi connectivity index (χ3n) is 4.68. The monoisotopic (exact) mass is 289 g/mol. The Morgan fingerprint density at radius 1 is 1.19 bits per heavy atom. The molecule has 21 heavy (non-hydrogen) atoms. The van der Waals surface area contributed by atoms with Crippen molar-refractivity contribution in [2.24, 2.45) is 5.92 Å². The van der Waals surface area contributed by atoms with Crippen molar-refractivity contribution in [2.75, 3.05) is 13.7 Å². The summed E-state index contributed by atoms with van der Waals surface area (Å²) in [6.07, 6.45) is 4.68. The molecule has 1 amide bonds. The normalized spacial score (nSPS) is 21.9. The van der Waals surface area contributed by atoms with Gasteiger partial charge >= 0.3 is 0 Å². The van der Waals surface area contributed by atoms with Crippen LogP contribution in [0.3, 0.4) is 0 Å². The summed E-state index contributed by atoms with van der Waals surface area (Å²) in [5.41, 5.74) is 2.16. The summed E-state index contributed by atoms with van der Waals surface area (Å²) in [5, 5.41) is 0. The Kier molecular flexibility index (Phi) is 5.27. The van der Waals surface area contributed by atoms with Gasteiger partial charge in [-0.25, -0.2) is 0 Å². The summed E-state index contributed by atoms with van der Waals surface area (Å²) in [4.78, 5) is 14.2. The van der Waals surface area contributed by atoms with Gasteiger partial charge in [0.25, 0.3) is 5.91 Å². The van der Waals surface area contributed by atoms with Crippen LogP contribution in [0.15, 0.2) is 18.2 Å². The summed E-state index contributed by atoms with van der Waals surface area (Å²) in [7, 11) is 1.91. The Morgan fingerprint density at radius 2 is 1.76 bits per heavy atom. The molecular weight excluding hydrogens is 262 g/mol. The lowest BCUT2D eigenvalue weighted by molar-refractivity contribution is -0.134. The molecule has 3 heteroatoms. The number of hydrogen-bond acceptors (Lipinski definition) is 2. The van der Waals surface area contributed by atoms with Crippen LogP contribution in [-0.2, 0) is 4.79 Å². The second-order valence-electron chi connectivity index (χ2n) is 6.43. The van der Waals surface area contributed by atoms with E-state index in [1.807, 2.05) is 44.0 Å². The standard InChI is InChI=1S/C18H27NO2/c1-13-8-10-16(11-9-13)19(4)17(20)12-21-18-14(2)6-5-7-15(18)3/h5-7,13,16H,8-12H2,1-4H3. The Hall–Kier alpha value is -1.51. The van der Waals surface area contributed by atoms with E-state index in [-0.39, 0.29) is 12.5 Å². The van der Waals surface area contributed by atoms with Gasteiger partial charge in [0.15, 0.2) is 6.61 Å². The molecule has 0 spiro atoms. The lowest BCUT2D eigenvalue weighted by Crippen LogP contribution is -2.41. The van der Waals surface area contributed by atoms with Gasteiger partial charge in [-0.2, -0.15) is 0 Å². The predicted molar refractivity (Wildman–Crippen MR) is 85.6 cm³/mol. The SMILES string of the molecule is Cc1cccc(C)c1OCC(=O)N(C)C1CCC(C)CC1. The molecule has 2 rings (SSSR count). The molecular formula is C18H27NO2. The first-order chi connectivity index (χ1) is 9.99. The number of carbonyl (C=O) groups is 1. The van der Waals surface area contributed by atoms with Gasteiger partial charge in [-0.3, -0.25) is 4.79 Å². The number of hydrogen-bond donors (Lipinski definition) is 0. The summed E-state index contributed by atoms with van der Waals surface area (Å²) in [5.74, 6) is 1.73. The molecule has 0 aliphatic heterocycles. The lowest BCUT2D eigenvalue weighted by atomic mass is 9.87. The number of amides is 1. The molecule has 0 unspecified atom stereocenters. The van der Waals surface area contributed by atoms with Crippen LogP contribution in [0.1, 0.15) is 43.7 Å². The van der Waals surface area contributed by atoms with Gasteiger partial charge < -0.3 is 9.64 Å². The average molecular weight is 289 g/mol. The highest BCUT2D eigenvalue weighted by atomic mass is 16.5. The van der Waals surface area contributed by atoms with Crippen molar-refractivity contribution < 1.29 is 9.53 Å². The quantitative estimate of drug-likeness (QED) is 0.845. The van der Waals surface area contributed by atoms with E-state index in [0.717, 1.165) is 35.6 Å². The third kappa shape index (κ3) is 3.99. The summed E-state index contributed by atoms with van der Waals surface area (Å²) < 4.78 is 5.77. The van der Waals surface area contributed by atoms with Gasteiger partial charge in [-0.1, -0.05) is 25.1 Å². The number of para-hydroxylation sites is 1. The minimum absolute atomic E-state index is 0.0807. The van der Waals surface area contributed by atoms with Crippen LogP contribution in [0.4, 0.5) is 0 Å². The Labute approximate surface area is 128 Å². The van der Waals surface area contributed by atoms with Crippen LogP contribution in [0.5, 0.6) is 5.75 Å². The molecule has 0 aromatic heterocycles. The number of ether oxygens (including phenoxy) is 1. The topological polar surface area (TPSA) is 29.5 Å². The zero-order valence-electron chi connectivity index (χ0n) is 13.7. The van der Waals surface area contributed by atoms with E-state index in [0.29, 0.717) is 6.04 Å². The first-order valence-corrected chi connectivity index (χ1v) is 7.93. The maximum Gasteiger partial charge on any atom is 0.260 e. The molecule has 0 heterocycles. The molecule has 0 saturated heterocycles. The Morgan fingerprint density at radius 3 is 2.33 bits per heavy atom. The molecule has 0 atom stereocenters. The van der Waals surface area contributed by atoms with Gasteiger partial charge in [0.05, 0.1) is 0 Å².